The number of ether oxygens (including phenoxy) is 1. The van der Waals surface area contributed by atoms with Crippen molar-refractivity contribution in [1.29, 1.82) is 0 Å². The zero-order valence-corrected chi connectivity index (χ0v) is 13.0. The Kier molecular flexibility index (Phi) is 6.76. The Hall–Kier alpha value is -1.32. The maximum atomic E-state index is 10.3. The van der Waals surface area contributed by atoms with E-state index < -0.39 is 6.10 Å². The van der Waals surface area contributed by atoms with E-state index in [2.05, 4.69) is 25.7 Å². The van der Waals surface area contributed by atoms with Crippen molar-refractivity contribution in [2.45, 2.75) is 39.8 Å². The molecule has 2 N–H and O–H groups in total. The van der Waals surface area contributed by atoms with Gasteiger partial charge in [0.05, 0.1) is 6.10 Å². The summed E-state index contributed by atoms with van der Waals surface area (Å²) < 4.78 is 5.54. The fourth-order valence-electron chi connectivity index (χ4n) is 1.79. The van der Waals surface area contributed by atoms with E-state index in [0.29, 0.717) is 12.5 Å². The Balaban J connectivity index is 2.56. The van der Waals surface area contributed by atoms with Gasteiger partial charge in [-0.3, -0.25) is 0 Å². The van der Waals surface area contributed by atoms with Gasteiger partial charge in [-0.05, 0) is 49.6 Å². The summed E-state index contributed by atoms with van der Waals surface area (Å²) in [5.74, 6) is 1.37. The topological polar surface area (TPSA) is 41.5 Å². The lowest BCUT2D eigenvalue weighted by Crippen LogP contribution is -2.34. The molecular weight excluding hydrogens is 250 g/mol. The van der Waals surface area contributed by atoms with E-state index in [1.807, 2.05) is 38.1 Å². The zero-order valence-electron chi connectivity index (χ0n) is 13.0. The lowest BCUT2D eigenvalue weighted by atomic mass is 10.0. The van der Waals surface area contributed by atoms with Crippen LogP contribution in [0.3, 0.4) is 0 Å². The maximum Gasteiger partial charge on any atom is 0.119 e. The number of aliphatic hydroxyl groups excluding tert-OH is 1. The molecule has 0 fully saturated rings. The second-order valence-corrected chi connectivity index (χ2v) is 5.85. The van der Waals surface area contributed by atoms with Crippen molar-refractivity contribution in [3.8, 4) is 5.75 Å². The number of nitrogens with one attached hydrogen (secondary N) is 1. The van der Waals surface area contributed by atoms with Crippen LogP contribution in [0.15, 0.2) is 36.4 Å². The Bertz CT molecular complexity index is 412. The van der Waals surface area contributed by atoms with Gasteiger partial charge in [0.2, 0.25) is 0 Å². The molecule has 2 atom stereocenters. The minimum absolute atomic E-state index is 0.0274. The highest BCUT2D eigenvalue weighted by Gasteiger charge is 2.16. The van der Waals surface area contributed by atoms with E-state index >= 15 is 0 Å². The Morgan fingerprint density at radius 3 is 2.35 bits per heavy atom. The van der Waals surface area contributed by atoms with Crippen molar-refractivity contribution in [3.05, 3.63) is 42.0 Å². The molecule has 0 aliphatic heterocycles. The minimum atomic E-state index is -0.510. The van der Waals surface area contributed by atoms with Crippen LogP contribution in [-0.4, -0.2) is 24.3 Å². The summed E-state index contributed by atoms with van der Waals surface area (Å²) in [4.78, 5) is 0. The SMILES string of the molecule is C=C(C)COc1ccc(C(O)C(C)NCC(C)C)cc1. The highest BCUT2D eigenvalue weighted by atomic mass is 16.5. The molecule has 112 valence electrons. The number of hydrogen-bond donors (Lipinski definition) is 2. The average molecular weight is 277 g/mol. The summed E-state index contributed by atoms with van der Waals surface area (Å²) in [6, 6.07) is 7.62. The van der Waals surface area contributed by atoms with Gasteiger partial charge in [-0.15, -0.1) is 0 Å². The second kappa shape index (κ2) is 8.08. The predicted molar refractivity (Wildman–Crippen MR) is 84.0 cm³/mol. The summed E-state index contributed by atoms with van der Waals surface area (Å²) in [5.41, 5.74) is 1.89. The molecule has 0 radical (unpaired) electrons. The third-order valence-corrected chi connectivity index (χ3v) is 3.03. The quantitative estimate of drug-likeness (QED) is 0.716. The Morgan fingerprint density at radius 2 is 1.85 bits per heavy atom. The zero-order chi connectivity index (χ0) is 15.1. The van der Waals surface area contributed by atoms with Gasteiger partial charge in [0.25, 0.3) is 0 Å². The molecule has 0 spiro atoms. The predicted octanol–water partition coefficient (Wildman–Crippen LogP) is 3.31. The third-order valence-electron chi connectivity index (χ3n) is 3.03. The molecule has 1 rings (SSSR count). The highest BCUT2D eigenvalue weighted by Crippen LogP contribution is 2.20. The number of benzene rings is 1. The standard InChI is InChI=1S/C17H27NO2/c1-12(2)10-18-14(5)17(19)15-6-8-16(9-7-15)20-11-13(3)4/h6-9,12,14,17-19H,3,10-11H2,1-2,4-5H3. The molecule has 1 aromatic rings. The summed E-state index contributed by atoms with van der Waals surface area (Å²) in [5, 5.41) is 13.6. The van der Waals surface area contributed by atoms with Crippen LogP contribution in [0.5, 0.6) is 5.75 Å². The number of aliphatic hydroxyl groups is 1. The van der Waals surface area contributed by atoms with E-state index in [0.717, 1.165) is 23.4 Å². The second-order valence-electron chi connectivity index (χ2n) is 5.85. The normalized spacial score (nSPS) is 14.1. The third kappa shape index (κ3) is 5.76. The summed E-state index contributed by atoms with van der Waals surface area (Å²) in [6.07, 6.45) is -0.510. The van der Waals surface area contributed by atoms with E-state index in [-0.39, 0.29) is 6.04 Å². The van der Waals surface area contributed by atoms with Crippen LogP contribution >= 0.6 is 0 Å². The summed E-state index contributed by atoms with van der Waals surface area (Å²) in [7, 11) is 0. The first kappa shape index (κ1) is 16.7. The van der Waals surface area contributed by atoms with Crippen LogP contribution in [0.4, 0.5) is 0 Å². The molecule has 0 aliphatic rings. The maximum absolute atomic E-state index is 10.3. The largest absolute Gasteiger partial charge is 0.489 e. The van der Waals surface area contributed by atoms with Gasteiger partial charge in [-0.1, -0.05) is 32.6 Å². The van der Waals surface area contributed by atoms with Crippen molar-refractivity contribution in [2.24, 2.45) is 5.92 Å². The number of hydrogen-bond acceptors (Lipinski definition) is 3. The average Bonchev–Trinajstić information content (AvgIpc) is 2.42. The lowest BCUT2D eigenvalue weighted by molar-refractivity contribution is 0.134. The van der Waals surface area contributed by atoms with Crippen molar-refractivity contribution in [2.75, 3.05) is 13.2 Å². The fraction of sp³-hybridized carbons (Fsp3) is 0.529. The smallest absolute Gasteiger partial charge is 0.119 e. The van der Waals surface area contributed by atoms with Gasteiger partial charge in [-0.2, -0.15) is 0 Å². The summed E-state index contributed by atoms with van der Waals surface area (Å²) >= 11 is 0. The molecular formula is C17H27NO2. The lowest BCUT2D eigenvalue weighted by Gasteiger charge is -2.22. The molecule has 2 unspecified atom stereocenters. The van der Waals surface area contributed by atoms with E-state index in [9.17, 15) is 5.11 Å². The molecule has 0 aromatic heterocycles. The van der Waals surface area contributed by atoms with Gasteiger partial charge < -0.3 is 15.2 Å². The summed E-state index contributed by atoms with van der Waals surface area (Å²) in [6.45, 7) is 13.5. The number of rotatable bonds is 8. The van der Waals surface area contributed by atoms with Crippen LogP contribution in [-0.2, 0) is 0 Å². The van der Waals surface area contributed by atoms with Crippen LogP contribution < -0.4 is 10.1 Å². The van der Waals surface area contributed by atoms with Crippen LogP contribution in [0.1, 0.15) is 39.4 Å². The first-order chi connectivity index (χ1) is 9.40. The molecule has 3 heteroatoms. The molecule has 1 aromatic carbocycles. The molecule has 0 saturated carbocycles. The van der Waals surface area contributed by atoms with Gasteiger partial charge >= 0.3 is 0 Å². The van der Waals surface area contributed by atoms with Gasteiger partial charge in [0.15, 0.2) is 0 Å². The molecule has 0 aliphatic carbocycles. The van der Waals surface area contributed by atoms with Crippen LogP contribution in [0.2, 0.25) is 0 Å². The molecule has 3 nitrogen and oxygen atoms in total. The monoisotopic (exact) mass is 277 g/mol. The minimum Gasteiger partial charge on any atom is -0.489 e. The molecule has 20 heavy (non-hydrogen) atoms. The highest BCUT2D eigenvalue weighted by molar-refractivity contribution is 5.29. The van der Waals surface area contributed by atoms with E-state index in [1.165, 1.54) is 0 Å². The van der Waals surface area contributed by atoms with Crippen molar-refractivity contribution >= 4 is 0 Å². The van der Waals surface area contributed by atoms with E-state index in [4.69, 9.17) is 4.74 Å². The van der Waals surface area contributed by atoms with Gasteiger partial charge in [0.1, 0.15) is 12.4 Å². The van der Waals surface area contributed by atoms with Gasteiger partial charge in [0, 0.05) is 6.04 Å². The molecule has 0 heterocycles. The fourth-order valence-corrected chi connectivity index (χ4v) is 1.79. The molecule has 0 amide bonds. The Labute approximate surface area is 122 Å². The molecule has 0 bridgehead atoms. The van der Waals surface area contributed by atoms with Crippen LogP contribution in [0, 0.1) is 5.92 Å². The van der Waals surface area contributed by atoms with Crippen molar-refractivity contribution in [3.63, 3.8) is 0 Å². The van der Waals surface area contributed by atoms with E-state index in [1.54, 1.807) is 0 Å². The van der Waals surface area contributed by atoms with Crippen molar-refractivity contribution in [1.82, 2.24) is 5.32 Å². The first-order valence-electron chi connectivity index (χ1n) is 7.18. The Morgan fingerprint density at radius 1 is 1.25 bits per heavy atom. The first-order valence-corrected chi connectivity index (χ1v) is 7.18. The van der Waals surface area contributed by atoms with Crippen molar-refractivity contribution < 1.29 is 9.84 Å². The van der Waals surface area contributed by atoms with Gasteiger partial charge in [-0.25, -0.2) is 0 Å². The molecule has 0 saturated heterocycles. The van der Waals surface area contributed by atoms with Crippen LogP contribution in [0.25, 0.3) is 0 Å².